The maximum atomic E-state index is 14.5. The van der Waals surface area contributed by atoms with Gasteiger partial charge in [0.25, 0.3) is 5.69 Å². The number of nitrogens with one attached hydrogen (secondary N) is 1. The van der Waals surface area contributed by atoms with Gasteiger partial charge in [-0.1, -0.05) is 30.3 Å². The van der Waals surface area contributed by atoms with Crippen molar-refractivity contribution in [3.8, 4) is 11.3 Å². The lowest BCUT2D eigenvalue weighted by molar-refractivity contribution is -0.384. The Hall–Kier alpha value is -5.34. The number of aromatic nitrogens is 4. The van der Waals surface area contributed by atoms with Gasteiger partial charge in [0.1, 0.15) is 11.5 Å². The molecule has 3 aromatic carbocycles. The Morgan fingerprint density at radius 1 is 0.957 bits per heavy atom. The van der Waals surface area contributed by atoms with Crippen LogP contribution < -0.4 is 10.2 Å². The molecular formula is C33H33FN8O4S. The summed E-state index contributed by atoms with van der Waals surface area (Å²) in [6, 6.07) is 19.6. The fraction of sp³-hybridized carbons (Fsp3) is 0.212. The van der Waals surface area contributed by atoms with Gasteiger partial charge in [-0.3, -0.25) is 10.1 Å². The molecule has 0 aliphatic heterocycles. The average molecular weight is 657 g/mol. The van der Waals surface area contributed by atoms with Crippen LogP contribution in [0.4, 0.5) is 27.4 Å². The number of hydrogen-bond acceptors (Lipinski definition) is 9. The molecule has 14 heteroatoms. The lowest BCUT2D eigenvalue weighted by Crippen LogP contribution is -2.28. The second kappa shape index (κ2) is 12.5. The average Bonchev–Trinajstić information content (AvgIpc) is 3.61. The third-order valence-corrected chi connectivity index (χ3v) is 9.52. The number of halogens is 1. The number of nitro groups is 1. The molecule has 0 unspecified atom stereocenters. The van der Waals surface area contributed by atoms with Crippen molar-refractivity contribution in [2.24, 2.45) is 7.05 Å². The number of benzene rings is 3. The van der Waals surface area contributed by atoms with Crippen molar-refractivity contribution < 1.29 is 17.7 Å². The van der Waals surface area contributed by atoms with E-state index in [1.54, 1.807) is 61.8 Å². The highest BCUT2D eigenvalue weighted by atomic mass is 32.2. The normalized spacial score (nSPS) is 11.9. The van der Waals surface area contributed by atoms with Gasteiger partial charge in [-0.25, -0.2) is 21.8 Å². The van der Waals surface area contributed by atoms with Gasteiger partial charge in [-0.15, -0.1) is 0 Å². The van der Waals surface area contributed by atoms with Crippen molar-refractivity contribution in [3.05, 3.63) is 107 Å². The quantitative estimate of drug-likeness (QED) is 0.137. The number of aryl methyl sites for hydroxylation is 1. The second-order valence-electron chi connectivity index (χ2n) is 11.6. The van der Waals surface area contributed by atoms with Crippen LogP contribution in [-0.2, 0) is 22.8 Å². The summed E-state index contributed by atoms with van der Waals surface area (Å²) >= 11 is 0. The van der Waals surface area contributed by atoms with E-state index in [0.29, 0.717) is 52.1 Å². The molecule has 0 spiro atoms. The van der Waals surface area contributed by atoms with Crippen LogP contribution in [0.15, 0.2) is 85.2 Å². The lowest BCUT2D eigenvalue weighted by atomic mass is 10.1. The maximum Gasteiger partial charge on any atom is 0.294 e. The van der Waals surface area contributed by atoms with E-state index in [4.69, 9.17) is 4.98 Å². The van der Waals surface area contributed by atoms with Gasteiger partial charge in [-0.05, 0) is 56.1 Å². The molecule has 0 amide bonds. The smallest absolute Gasteiger partial charge is 0.294 e. The predicted octanol–water partition coefficient (Wildman–Crippen LogP) is 5.76. The second-order valence-corrected chi connectivity index (χ2v) is 13.5. The summed E-state index contributed by atoms with van der Waals surface area (Å²) in [7, 11) is 3.54. The molecule has 0 fully saturated rings. The number of nitro benzene ring substituents is 1. The molecule has 47 heavy (non-hydrogen) atoms. The molecule has 0 atom stereocenters. The molecular weight excluding hydrogens is 623 g/mol. The number of rotatable bonds is 11. The molecule has 0 bridgehead atoms. The SMILES string of the molecule is CN(C)CCN(C)c1ccc(Nc2nc(-c3cn(C)c4ccc(F)cc34)c3ccn(S(=O)(=O)Cc4ccccc4)c3n2)cc1[N+](=O)[O-]. The van der Waals surface area contributed by atoms with E-state index in [-0.39, 0.29) is 23.0 Å². The summed E-state index contributed by atoms with van der Waals surface area (Å²) in [5, 5.41) is 16.2. The number of hydrogen-bond donors (Lipinski definition) is 1. The standard InChI is InChI=1S/C33H33FN8O4S/c1-38(2)16-17-39(3)29-13-11-24(19-30(29)42(43)44)35-33-36-31(27-20-40(4)28-12-10-23(34)18-26(27)28)25-14-15-41(32(25)37-33)47(45,46)21-22-8-6-5-7-9-22/h5-15,18-20H,16-17,21H2,1-4H3,(H,35,36,37). The van der Waals surface area contributed by atoms with E-state index in [9.17, 15) is 22.9 Å². The fourth-order valence-electron chi connectivity index (χ4n) is 5.55. The summed E-state index contributed by atoms with van der Waals surface area (Å²) < 4.78 is 44.9. The van der Waals surface area contributed by atoms with Crippen molar-refractivity contribution in [1.82, 2.24) is 23.4 Å². The molecule has 6 aromatic rings. The Morgan fingerprint density at radius 3 is 2.45 bits per heavy atom. The van der Waals surface area contributed by atoms with E-state index >= 15 is 0 Å². The minimum absolute atomic E-state index is 0.0128. The molecule has 3 aromatic heterocycles. The first kappa shape index (κ1) is 31.6. The third-order valence-electron chi connectivity index (χ3n) is 7.93. The first-order valence-corrected chi connectivity index (χ1v) is 16.3. The van der Waals surface area contributed by atoms with Crippen molar-refractivity contribution in [1.29, 1.82) is 0 Å². The van der Waals surface area contributed by atoms with Gasteiger partial charge in [0.15, 0.2) is 5.65 Å². The maximum absolute atomic E-state index is 14.5. The van der Waals surface area contributed by atoms with Gasteiger partial charge in [-0.2, -0.15) is 4.98 Å². The Morgan fingerprint density at radius 2 is 1.72 bits per heavy atom. The summed E-state index contributed by atoms with van der Waals surface area (Å²) in [4.78, 5) is 24.8. The molecule has 12 nitrogen and oxygen atoms in total. The molecule has 0 saturated heterocycles. The zero-order valence-electron chi connectivity index (χ0n) is 26.3. The Balaban J connectivity index is 1.49. The molecule has 0 aliphatic carbocycles. The summed E-state index contributed by atoms with van der Waals surface area (Å²) in [6.07, 6.45) is 3.23. The number of anilines is 3. The highest BCUT2D eigenvalue weighted by molar-refractivity contribution is 7.89. The highest BCUT2D eigenvalue weighted by Crippen LogP contribution is 2.37. The molecule has 0 aliphatic rings. The van der Waals surface area contributed by atoms with Crippen molar-refractivity contribution in [3.63, 3.8) is 0 Å². The van der Waals surface area contributed by atoms with E-state index in [2.05, 4.69) is 10.3 Å². The van der Waals surface area contributed by atoms with Crippen LogP contribution in [-0.4, -0.2) is 71.0 Å². The van der Waals surface area contributed by atoms with E-state index < -0.39 is 20.8 Å². The molecule has 242 valence electrons. The monoisotopic (exact) mass is 656 g/mol. The molecule has 0 saturated carbocycles. The molecule has 0 radical (unpaired) electrons. The zero-order valence-corrected chi connectivity index (χ0v) is 27.1. The summed E-state index contributed by atoms with van der Waals surface area (Å²) in [5.74, 6) is -0.688. The Kier molecular flexibility index (Phi) is 8.38. The molecule has 3 heterocycles. The van der Waals surface area contributed by atoms with E-state index in [1.165, 1.54) is 24.4 Å². The minimum atomic E-state index is -3.94. The fourth-order valence-corrected chi connectivity index (χ4v) is 6.96. The van der Waals surface area contributed by atoms with Crippen molar-refractivity contribution in [2.45, 2.75) is 5.75 Å². The van der Waals surface area contributed by atoms with Gasteiger partial charge < -0.3 is 19.7 Å². The van der Waals surface area contributed by atoms with Gasteiger partial charge in [0.2, 0.25) is 16.0 Å². The van der Waals surface area contributed by atoms with Gasteiger partial charge >= 0.3 is 0 Å². The topological polar surface area (TPSA) is 131 Å². The van der Waals surface area contributed by atoms with E-state index in [0.717, 1.165) is 9.49 Å². The molecule has 1 N–H and O–H groups in total. The van der Waals surface area contributed by atoms with Crippen LogP contribution in [0.3, 0.4) is 0 Å². The molecule has 6 rings (SSSR count). The van der Waals surface area contributed by atoms with Crippen LogP contribution >= 0.6 is 0 Å². The number of nitrogens with zero attached hydrogens (tertiary/aromatic N) is 7. The van der Waals surface area contributed by atoms with E-state index in [1.807, 2.05) is 41.6 Å². The Bertz CT molecular complexity index is 2230. The summed E-state index contributed by atoms with van der Waals surface area (Å²) in [5.41, 5.74) is 3.07. The van der Waals surface area contributed by atoms with Crippen LogP contribution in [0.2, 0.25) is 0 Å². The predicted molar refractivity (Wildman–Crippen MR) is 182 cm³/mol. The van der Waals surface area contributed by atoms with Crippen molar-refractivity contribution in [2.75, 3.05) is 44.4 Å². The number of likely N-dealkylation sites (N-methyl/N-ethyl adjacent to an activating group) is 2. The van der Waals surface area contributed by atoms with Crippen LogP contribution in [0.5, 0.6) is 0 Å². The summed E-state index contributed by atoms with van der Waals surface area (Å²) in [6.45, 7) is 1.28. The van der Waals surface area contributed by atoms with Gasteiger partial charge in [0, 0.05) is 73.2 Å². The van der Waals surface area contributed by atoms with Crippen LogP contribution in [0.1, 0.15) is 5.56 Å². The van der Waals surface area contributed by atoms with Crippen LogP contribution in [0, 0.1) is 15.9 Å². The van der Waals surface area contributed by atoms with Crippen LogP contribution in [0.25, 0.3) is 33.2 Å². The Labute approximate surface area is 270 Å². The highest BCUT2D eigenvalue weighted by Gasteiger charge is 2.24. The minimum Gasteiger partial charge on any atom is -0.368 e. The number of fused-ring (bicyclic) bond motifs is 2. The van der Waals surface area contributed by atoms with Gasteiger partial charge in [0.05, 0.1) is 16.4 Å². The largest absolute Gasteiger partial charge is 0.368 e. The third kappa shape index (κ3) is 6.37. The van der Waals surface area contributed by atoms with Crippen molar-refractivity contribution >= 4 is 55.0 Å². The lowest BCUT2D eigenvalue weighted by Gasteiger charge is -2.21. The first-order valence-electron chi connectivity index (χ1n) is 14.7. The zero-order chi connectivity index (χ0) is 33.5. The first-order chi connectivity index (χ1) is 22.4.